The third-order valence-electron chi connectivity index (χ3n) is 3.35. The Morgan fingerprint density at radius 1 is 1.23 bits per heavy atom. The van der Waals surface area contributed by atoms with E-state index in [-0.39, 0.29) is 19.2 Å². The average Bonchev–Trinajstić information content (AvgIpc) is 3.14. The van der Waals surface area contributed by atoms with Gasteiger partial charge in [0.1, 0.15) is 6.61 Å². The summed E-state index contributed by atoms with van der Waals surface area (Å²) in [6.07, 6.45) is 4.47. The van der Waals surface area contributed by atoms with Gasteiger partial charge in [0, 0.05) is 12.0 Å². The van der Waals surface area contributed by atoms with E-state index in [4.69, 9.17) is 14.2 Å². The van der Waals surface area contributed by atoms with Crippen molar-refractivity contribution in [2.45, 2.75) is 65.6 Å². The zero-order valence-electron chi connectivity index (χ0n) is 14.2. The van der Waals surface area contributed by atoms with Crippen LogP contribution >= 0.6 is 0 Å². The molecule has 1 unspecified atom stereocenters. The minimum absolute atomic E-state index is 0.0488. The van der Waals surface area contributed by atoms with Crippen LogP contribution in [-0.2, 0) is 23.8 Å². The van der Waals surface area contributed by atoms with Gasteiger partial charge in [0.05, 0.1) is 0 Å². The maximum absolute atomic E-state index is 11.7. The maximum atomic E-state index is 11.7. The molecule has 1 atom stereocenters. The fourth-order valence-corrected chi connectivity index (χ4v) is 1.87. The summed E-state index contributed by atoms with van der Waals surface area (Å²) >= 11 is 0. The molecule has 0 bridgehead atoms. The first-order valence-electron chi connectivity index (χ1n) is 7.82. The molecule has 5 heteroatoms. The van der Waals surface area contributed by atoms with E-state index in [1.54, 1.807) is 6.92 Å². The van der Waals surface area contributed by atoms with Crippen LogP contribution in [0.1, 0.15) is 59.8 Å². The number of rotatable bonds is 9. The van der Waals surface area contributed by atoms with Gasteiger partial charge in [-0.15, -0.1) is 0 Å². The van der Waals surface area contributed by atoms with Crippen LogP contribution in [-0.4, -0.2) is 30.9 Å². The Balaban J connectivity index is 2.13. The van der Waals surface area contributed by atoms with E-state index in [1.807, 2.05) is 0 Å². The largest absolute Gasteiger partial charge is 0.459 e. The van der Waals surface area contributed by atoms with Gasteiger partial charge in [-0.25, -0.2) is 4.79 Å². The second-order valence-electron chi connectivity index (χ2n) is 7.15. The molecular formula is C17H28O5. The Morgan fingerprint density at radius 3 is 2.36 bits per heavy atom. The Morgan fingerprint density at radius 2 is 1.86 bits per heavy atom. The van der Waals surface area contributed by atoms with Gasteiger partial charge in [-0.2, -0.15) is 0 Å². The van der Waals surface area contributed by atoms with Crippen molar-refractivity contribution in [3.63, 3.8) is 0 Å². The Hall–Kier alpha value is -1.36. The zero-order valence-corrected chi connectivity index (χ0v) is 14.2. The first-order chi connectivity index (χ1) is 10.1. The lowest BCUT2D eigenvalue weighted by molar-refractivity contribution is -0.168. The molecule has 0 amide bonds. The number of unbranched alkanes of at least 4 members (excludes halogenated alkanes) is 2. The third-order valence-corrected chi connectivity index (χ3v) is 3.35. The van der Waals surface area contributed by atoms with Crippen LogP contribution in [0.15, 0.2) is 12.2 Å². The molecule has 1 aliphatic rings. The molecule has 0 N–H and O–H groups in total. The van der Waals surface area contributed by atoms with Crippen molar-refractivity contribution >= 4 is 11.9 Å². The van der Waals surface area contributed by atoms with E-state index in [0.29, 0.717) is 17.4 Å². The smallest absolute Gasteiger partial charge is 0.335 e. The molecule has 0 aliphatic carbocycles. The third kappa shape index (κ3) is 7.59. The highest BCUT2D eigenvalue weighted by molar-refractivity contribution is 5.87. The van der Waals surface area contributed by atoms with Crippen molar-refractivity contribution in [2.75, 3.05) is 13.2 Å². The molecule has 0 spiro atoms. The van der Waals surface area contributed by atoms with Crippen molar-refractivity contribution in [2.24, 2.45) is 5.41 Å². The molecular weight excluding hydrogens is 284 g/mol. The number of esters is 2. The molecule has 1 rings (SSSR count). The summed E-state index contributed by atoms with van der Waals surface area (Å²) in [5.41, 5.74) is 0.628. The summed E-state index contributed by atoms with van der Waals surface area (Å²) in [5, 5.41) is 0. The molecule has 1 saturated heterocycles. The molecule has 22 heavy (non-hydrogen) atoms. The van der Waals surface area contributed by atoms with Gasteiger partial charge in [0.15, 0.2) is 6.61 Å². The quantitative estimate of drug-likeness (QED) is 0.283. The molecule has 0 aromatic rings. The standard InChI is InChI=1S/C17H28O5/c1-13(2)15(19)22-17(12-21-17)11-20-14(18)9-7-6-8-10-16(3,4)5/h1,6-12H2,2-5H3. The number of epoxide rings is 1. The summed E-state index contributed by atoms with van der Waals surface area (Å²) in [5.74, 6) is -1.90. The number of carbonyl (C=O) groups is 2. The number of hydrogen-bond donors (Lipinski definition) is 0. The van der Waals surface area contributed by atoms with E-state index in [9.17, 15) is 9.59 Å². The van der Waals surface area contributed by atoms with Crippen LogP contribution in [0.4, 0.5) is 0 Å². The van der Waals surface area contributed by atoms with Crippen LogP contribution in [0.3, 0.4) is 0 Å². The molecule has 0 saturated carbocycles. The number of ether oxygens (including phenoxy) is 3. The van der Waals surface area contributed by atoms with Crippen LogP contribution in [0.25, 0.3) is 0 Å². The fraction of sp³-hybridized carbons (Fsp3) is 0.765. The SMILES string of the molecule is C=C(C)C(=O)OC1(COC(=O)CCCCCC(C)(C)C)CO1. The van der Waals surface area contributed by atoms with Gasteiger partial charge in [0.25, 0.3) is 5.79 Å². The van der Waals surface area contributed by atoms with Gasteiger partial charge in [0.2, 0.25) is 0 Å². The van der Waals surface area contributed by atoms with E-state index in [1.165, 1.54) is 0 Å². The van der Waals surface area contributed by atoms with Crippen molar-refractivity contribution in [3.8, 4) is 0 Å². The first kappa shape index (κ1) is 18.7. The van der Waals surface area contributed by atoms with Crippen molar-refractivity contribution in [1.82, 2.24) is 0 Å². The minimum Gasteiger partial charge on any atom is -0.459 e. The van der Waals surface area contributed by atoms with Crippen LogP contribution in [0, 0.1) is 5.41 Å². The molecule has 1 heterocycles. The van der Waals surface area contributed by atoms with Gasteiger partial charge in [-0.3, -0.25) is 4.79 Å². The summed E-state index contributed by atoms with van der Waals surface area (Å²) in [4.78, 5) is 23.1. The van der Waals surface area contributed by atoms with E-state index in [0.717, 1.165) is 25.7 Å². The predicted octanol–water partition coefficient (Wildman–Crippen LogP) is 3.37. The van der Waals surface area contributed by atoms with Gasteiger partial charge >= 0.3 is 11.9 Å². The summed E-state index contributed by atoms with van der Waals surface area (Å²) in [7, 11) is 0. The fourth-order valence-electron chi connectivity index (χ4n) is 1.87. The average molecular weight is 312 g/mol. The number of carbonyl (C=O) groups excluding carboxylic acids is 2. The van der Waals surface area contributed by atoms with Crippen LogP contribution in [0.5, 0.6) is 0 Å². The molecule has 0 aromatic heterocycles. The molecule has 126 valence electrons. The van der Waals surface area contributed by atoms with Crippen LogP contribution < -0.4 is 0 Å². The lowest BCUT2D eigenvalue weighted by atomic mass is 9.89. The molecule has 0 aromatic carbocycles. The van der Waals surface area contributed by atoms with E-state index >= 15 is 0 Å². The molecule has 0 radical (unpaired) electrons. The minimum atomic E-state index is -1.09. The zero-order chi connectivity index (χ0) is 16.8. The Kier molecular flexibility index (Phi) is 6.60. The second kappa shape index (κ2) is 7.77. The molecule has 5 nitrogen and oxygen atoms in total. The topological polar surface area (TPSA) is 65.1 Å². The Bertz CT molecular complexity index is 415. The first-order valence-corrected chi connectivity index (χ1v) is 7.82. The summed E-state index contributed by atoms with van der Waals surface area (Å²) in [6, 6.07) is 0. The second-order valence-corrected chi connectivity index (χ2v) is 7.15. The Labute approximate surface area is 133 Å². The highest BCUT2D eigenvalue weighted by atomic mass is 16.8. The molecule has 1 aliphatic heterocycles. The van der Waals surface area contributed by atoms with E-state index in [2.05, 4.69) is 27.4 Å². The molecule has 1 fully saturated rings. The highest BCUT2D eigenvalue weighted by Crippen LogP contribution is 2.30. The van der Waals surface area contributed by atoms with Gasteiger partial charge in [-0.1, -0.05) is 40.2 Å². The van der Waals surface area contributed by atoms with Crippen LogP contribution in [0.2, 0.25) is 0 Å². The lowest BCUT2D eigenvalue weighted by Crippen LogP contribution is -2.28. The van der Waals surface area contributed by atoms with Crippen molar-refractivity contribution in [1.29, 1.82) is 0 Å². The normalized spacial score (nSPS) is 20.4. The summed E-state index contributed by atoms with van der Waals surface area (Å²) in [6.45, 7) is 11.9. The van der Waals surface area contributed by atoms with E-state index < -0.39 is 11.8 Å². The highest BCUT2D eigenvalue weighted by Gasteiger charge is 2.51. The van der Waals surface area contributed by atoms with Gasteiger partial charge in [-0.05, 0) is 25.2 Å². The number of hydrogen-bond acceptors (Lipinski definition) is 5. The maximum Gasteiger partial charge on any atom is 0.335 e. The van der Waals surface area contributed by atoms with Gasteiger partial charge < -0.3 is 14.2 Å². The summed E-state index contributed by atoms with van der Waals surface area (Å²) < 4.78 is 15.3. The lowest BCUT2D eigenvalue weighted by Gasteiger charge is -2.17. The van der Waals surface area contributed by atoms with Crippen molar-refractivity contribution in [3.05, 3.63) is 12.2 Å². The van der Waals surface area contributed by atoms with Crippen molar-refractivity contribution < 1.29 is 23.8 Å². The monoisotopic (exact) mass is 312 g/mol. The predicted molar refractivity (Wildman–Crippen MR) is 83.1 cm³/mol.